The van der Waals surface area contributed by atoms with Crippen molar-refractivity contribution in [2.24, 2.45) is 17.3 Å². The van der Waals surface area contributed by atoms with E-state index in [1.807, 2.05) is 11.8 Å². The zero-order valence-electron chi connectivity index (χ0n) is 12.6. The van der Waals surface area contributed by atoms with Crippen molar-refractivity contribution in [3.05, 3.63) is 46.9 Å². The van der Waals surface area contributed by atoms with Gasteiger partial charge >= 0.3 is 0 Å². The summed E-state index contributed by atoms with van der Waals surface area (Å²) in [6, 6.07) is 10.8. The molecular weight excluding hydrogens is 248 g/mol. The molecule has 0 N–H and O–H groups in total. The number of benzene rings is 1. The van der Waals surface area contributed by atoms with E-state index in [9.17, 15) is 0 Å². The molecule has 0 spiro atoms. The number of thioether (sulfide) groups is 1. The summed E-state index contributed by atoms with van der Waals surface area (Å²) >= 11 is 2.04. The summed E-state index contributed by atoms with van der Waals surface area (Å²) in [5.41, 5.74) is 1.85. The molecule has 1 aromatic carbocycles. The zero-order chi connectivity index (χ0) is 13.9. The average molecular weight is 274 g/mol. The van der Waals surface area contributed by atoms with Gasteiger partial charge in [0.2, 0.25) is 0 Å². The van der Waals surface area contributed by atoms with Crippen LogP contribution in [-0.4, -0.2) is 0 Å². The van der Waals surface area contributed by atoms with Gasteiger partial charge in [0, 0.05) is 5.75 Å². The maximum absolute atomic E-state index is 2.47. The predicted molar refractivity (Wildman–Crippen MR) is 87.2 cm³/mol. The summed E-state index contributed by atoms with van der Waals surface area (Å²) in [6.45, 7) is 9.58. The topological polar surface area (TPSA) is 0 Å². The predicted octanol–water partition coefficient (Wildman–Crippen LogP) is 5.90. The molecule has 2 atom stereocenters. The van der Waals surface area contributed by atoms with Crippen molar-refractivity contribution in [3.8, 4) is 0 Å². The van der Waals surface area contributed by atoms with E-state index in [0.717, 1.165) is 11.7 Å². The molecule has 0 fully saturated rings. The molecule has 0 radical (unpaired) electrons. The minimum absolute atomic E-state index is 0.423. The van der Waals surface area contributed by atoms with E-state index >= 15 is 0 Å². The zero-order valence-corrected chi connectivity index (χ0v) is 13.5. The maximum atomic E-state index is 2.47. The van der Waals surface area contributed by atoms with Gasteiger partial charge in [0.1, 0.15) is 0 Å². The van der Waals surface area contributed by atoms with Gasteiger partial charge in [0.15, 0.2) is 0 Å². The molecule has 2 unspecified atom stereocenters. The van der Waals surface area contributed by atoms with Crippen molar-refractivity contribution in [1.82, 2.24) is 0 Å². The molecule has 0 aliphatic heterocycles. The molecule has 0 nitrogen and oxygen atoms in total. The van der Waals surface area contributed by atoms with Crippen LogP contribution in [0.25, 0.3) is 0 Å². The second-order valence-electron chi connectivity index (χ2n) is 6.72. The standard InChI is InChI=1S/C18H26S/c1-14-16(18(2,3)4)11-8-12-17(14)19-13-15-9-6-5-7-10-15/h5-7,9-10,12,14,16H,8,11,13H2,1-4H3. The third-order valence-corrected chi connectivity index (χ3v) is 5.59. The van der Waals surface area contributed by atoms with E-state index in [2.05, 4.69) is 64.1 Å². The van der Waals surface area contributed by atoms with Gasteiger partial charge in [-0.15, -0.1) is 11.8 Å². The summed E-state index contributed by atoms with van der Waals surface area (Å²) in [6.07, 6.45) is 5.07. The third-order valence-electron chi connectivity index (χ3n) is 4.24. The lowest BCUT2D eigenvalue weighted by molar-refractivity contribution is 0.173. The summed E-state index contributed by atoms with van der Waals surface area (Å²) in [7, 11) is 0. The van der Waals surface area contributed by atoms with Crippen LogP contribution in [0.2, 0.25) is 0 Å². The Morgan fingerprint density at radius 3 is 2.47 bits per heavy atom. The Morgan fingerprint density at radius 2 is 1.84 bits per heavy atom. The lowest BCUT2D eigenvalue weighted by atomic mass is 9.69. The molecule has 1 aliphatic rings. The van der Waals surface area contributed by atoms with Crippen LogP contribution >= 0.6 is 11.8 Å². The van der Waals surface area contributed by atoms with E-state index in [1.165, 1.54) is 18.4 Å². The van der Waals surface area contributed by atoms with E-state index in [0.29, 0.717) is 11.3 Å². The molecule has 104 valence electrons. The van der Waals surface area contributed by atoms with Crippen molar-refractivity contribution in [1.29, 1.82) is 0 Å². The summed E-state index contributed by atoms with van der Waals surface area (Å²) < 4.78 is 0. The molecular formula is C18H26S. The van der Waals surface area contributed by atoms with Crippen LogP contribution in [0.4, 0.5) is 0 Å². The Kier molecular flexibility index (Phi) is 4.78. The van der Waals surface area contributed by atoms with Crippen LogP contribution in [0.5, 0.6) is 0 Å². The highest BCUT2D eigenvalue weighted by Gasteiger charge is 2.33. The molecule has 0 heterocycles. The summed E-state index contributed by atoms with van der Waals surface area (Å²) in [4.78, 5) is 1.61. The molecule has 0 bridgehead atoms. The Morgan fingerprint density at radius 1 is 1.16 bits per heavy atom. The van der Waals surface area contributed by atoms with Crippen LogP contribution in [0.15, 0.2) is 41.3 Å². The van der Waals surface area contributed by atoms with Gasteiger partial charge in [-0.05, 0) is 40.6 Å². The molecule has 1 heteroatoms. The summed E-state index contributed by atoms with van der Waals surface area (Å²) in [5.74, 6) is 2.63. The Labute approximate surface area is 122 Å². The van der Waals surface area contributed by atoms with Gasteiger partial charge in [0.05, 0.1) is 0 Å². The fraction of sp³-hybridized carbons (Fsp3) is 0.556. The largest absolute Gasteiger partial charge is 0.126 e. The van der Waals surface area contributed by atoms with Gasteiger partial charge in [-0.25, -0.2) is 0 Å². The van der Waals surface area contributed by atoms with Gasteiger partial charge in [-0.2, -0.15) is 0 Å². The molecule has 1 aromatic rings. The highest BCUT2D eigenvalue weighted by atomic mass is 32.2. The first-order valence-electron chi connectivity index (χ1n) is 7.35. The van der Waals surface area contributed by atoms with Crippen molar-refractivity contribution in [2.75, 3.05) is 0 Å². The van der Waals surface area contributed by atoms with Gasteiger partial charge < -0.3 is 0 Å². The first-order chi connectivity index (χ1) is 8.98. The SMILES string of the molecule is CC1C(SCc2ccccc2)=CCCC1C(C)(C)C. The van der Waals surface area contributed by atoms with Crippen molar-refractivity contribution < 1.29 is 0 Å². The highest BCUT2D eigenvalue weighted by molar-refractivity contribution is 8.02. The number of rotatable bonds is 3. The normalized spacial score (nSPS) is 24.1. The average Bonchev–Trinajstić information content (AvgIpc) is 2.37. The van der Waals surface area contributed by atoms with Crippen LogP contribution in [0, 0.1) is 17.3 Å². The molecule has 0 amide bonds. The van der Waals surface area contributed by atoms with Gasteiger partial charge in [-0.3, -0.25) is 0 Å². The maximum Gasteiger partial charge on any atom is 0.0228 e. The molecule has 2 rings (SSSR count). The highest BCUT2D eigenvalue weighted by Crippen LogP contribution is 2.45. The molecule has 0 aromatic heterocycles. The van der Waals surface area contributed by atoms with Crippen molar-refractivity contribution in [3.63, 3.8) is 0 Å². The molecule has 0 saturated carbocycles. The van der Waals surface area contributed by atoms with Gasteiger partial charge in [-0.1, -0.05) is 64.1 Å². The van der Waals surface area contributed by atoms with Crippen LogP contribution in [-0.2, 0) is 5.75 Å². The first-order valence-corrected chi connectivity index (χ1v) is 8.34. The number of allylic oxidation sites excluding steroid dienone is 2. The Hall–Kier alpha value is -0.690. The second-order valence-corrected chi connectivity index (χ2v) is 7.77. The third kappa shape index (κ3) is 3.89. The van der Waals surface area contributed by atoms with Gasteiger partial charge in [0.25, 0.3) is 0 Å². The van der Waals surface area contributed by atoms with Crippen LogP contribution in [0.1, 0.15) is 46.1 Å². The fourth-order valence-electron chi connectivity index (χ4n) is 3.15. The van der Waals surface area contributed by atoms with Crippen LogP contribution < -0.4 is 0 Å². The van der Waals surface area contributed by atoms with Crippen molar-refractivity contribution in [2.45, 2.75) is 46.3 Å². The molecule has 19 heavy (non-hydrogen) atoms. The van der Waals surface area contributed by atoms with E-state index in [-0.39, 0.29) is 0 Å². The molecule has 1 aliphatic carbocycles. The minimum atomic E-state index is 0.423. The van der Waals surface area contributed by atoms with E-state index in [1.54, 1.807) is 4.91 Å². The monoisotopic (exact) mass is 274 g/mol. The Balaban J connectivity index is 1.99. The van der Waals surface area contributed by atoms with E-state index in [4.69, 9.17) is 0 Å². The van der Waals surface area contributed by atoms with Crippen molar-refractivity contribution >= 4 is 11.8 Å². The minimum Gasteiger partial charge on any atom is -0.126 e. The van der Waals surface area contributed by atoms with Crippen LogP contribution in [0.3, 0.4) is 0 Å². The quantitative estimate of drug-likeness (QED) is 0.661. The first kappa shape index (κ1) is 14.7. The molecule has 0 saturated heterocycles. The number of hydrogen-bond donors (Lipinski definition) is 0. The summed E-state index contributed by atoms with van der Waals surface area (Å²) in [5, 5.41) is 0. The van der Waals surface area contributed by atoms with E-state index < -0.39 is 0 Å². The lowest BCUT2D eigenvalue weighted by Gasteiger charge is -2.39. The number of hydrogen-bond acceptors (Lipinski definition) is 1. The lowest BCUT2D eigenvalue weighted by Crippen LogP contribution is -2.29. The second kappa shape index (κ2) is 6.17. The Bertz CT molecular complexity index is 425. The smallest absolute Gasteiger partial charge is 0.0228 e. The fourth-order valence-corrected chi connectivity index (χ4v) is 4.34.